The number of pyridine rings is 1. The van der Waals surface area contributed by atoms with Crippen molar-refractivity contribution in [2.75, 3.05) is 6.61 Å². The molecule has 0 unspecified atom stereocenters. The Hall–Kier alpha value is -2.67. The van der Waals surface area contributed by atoms with Gasteiger partial charge in [0, 0.05) is 49.3 Å². The van der Waals surface area contributed by atoms with Crippen molar-refractivity contribution >= 4 is 6.03 Å². The largest absolute Gasteiger partial charge is 0.396 e. The maximum atomic E-state index is 12.0. The van der Waals surface area contributed by atoms with Crippen molar-refractivity contribution in [2.24, 2.45) is 5.92 Å². The molecular weight excluding hydrogens is 294 g/mol. The maximum absolute atomic E-state index is 12.0. The average molecular weight is 313 g/mol. The summed E-state index contributed by atoms with van der Waals surface area (Å²) in [6, 6.07) is 5.28. The molecule has 2 aromatic rings. The number of rotatable bonds is 5. The van der Waals surface area contributed by atoms with E-state index in [2.05, 4.69) is 20.7 Å². The second kappa shape index (κ2) is 7.06. The van der Waals surface area contributed by atoms with Crippen LogP contribution >= 0.6 is 0 Å². The van der Waals surface area contributed by atoms with Crippen LogP contribution in [-0.4, -0.2) is 38.6 Å². The Morgan fingerprint density at radius 3 is 3.00 bits per heavy atom. The summed E-state index contributed by atoms with van der Waals surface area (Å²) in [5.74, 6) is 0.823. The molecule has 0 saturated heterocycles. The van der Waals surface area contributed by atoms with Crippen LogP contribution in [0.4, 0.5) is 4.79 Å². The van der Waals surface area contributed by atoms with Gasteiger partial charge in [-0.05, 0) is 18.6 Å². The first-order chi connectivity index (χ1) is 11.3. The van der Waals surface area contributed by atoms with Crippen molar-refractivity contribution < 1.29 is 9.90 Å². The molecule has 23 heavy (non-hydrogen) atoms. The first-order valence-corrected chi connectivity index (χ1v) is 7.53. The van der Waals surface area contributed by atoms with Gasteiger partial charge in [-0.2, -0.15) is 5.10 Å². The highest BCUT2D eigenvalue weighted by molar-refractivity contribution is 5.74. The van der Waals surface area contributed by atoms with E-state index in [1.165, 1.54) is 0 Å². The van der Waals surface area contributed by atoms with Crippen LogP contribution < -0.4 is 10.6 Å². The van der Waals surface area contributed by atoms with Crippen molar-refractivity contribution in [3.63, 3.8) is 0 Å². The van der Waals surface area contributed by atoms with E-state index in [1.54, 1.807) is 17.1 Å². The molecule has 0 fully saturated rings. The minimum Gasteiger partial charge on any atom is -0.396 e. The summed E-state index contributed by atoms with van der Waals surface area (Å²) in [5.41, 5.74) is 0.876. The van der Waals surface area contributed by atoms with Crippen LogP contribution in [0.25, 0.3) is 5.82 Å². The summed E-state index contributed by atoms with van der Waals surface area (Å²) in [6.45, 7) is 0.466. The molecule has 2 heterocycles. The van der Waals surface area contributed by atoms with E-state index in [4.69, 9.17) is 5.11 Å². The molecular formula is C16H19N5O2. The first-order valence-electron chi connectivity index (χ1n) is 7.53. The van der Waals surface area contributed by atoms with Gasteiger partial charge in [-0.15, -0.1) is 0 Å². The zero-order chi connectivity index (χ0) is 16.1. The number of nitrogens with one attached hydrogen (secondary N) is 2. The van der Waals surface area contributed by atoms with Gasteiger partial charge in [0.1, 0.15) is 0 Å². The lowest BCUT2D eigenvalue weighted by Crippen LogP contribution is -2.40. The maximum Gasteiger partial charge on any atom is 0.315 e. The molecule has 0 aliphatic heterocycles. The van der Waals surface area contributed by atoms with Crippen molar-refractivity contribution in [1.29, 1.82) is 0 Å². The van der Waals surface area contributed by atoms with Crippen molar-refractivity contribution in [3.8, 4) is 5.82 Å². The predicted molar refractivity (Wildman–Crippen MR) is 84.9 cm³/mol. The molecule has 2 atom stereocenters. The molecule has 0 saturated carbocycles. The number of urea groups is 1. The SMILES string of the molecule is O=C(NCc1cccnc1-n1cccn1)N[C@@H]1C=C[C@H](CO)C1. The van der Waals surface area contributed by atoms with Crippen LogP contribution in [0.2, 0.25) is 0 Å². The standard InChI is InChI=1S/C16H19N5O2/c22-11-12-4-5-14(9-12)20-16(23)18-10-13-3-1-6-17-15(13)21-8-2-7-19-21/h1-8,12,14,22H,9-11H2,(H2,18,20,23)/t12-,14+/m0/s1. The number of nitrogens with zero attached hydrogens (tertiary/aromatic N) is 3. The van der Waals surface area contributed by atoms with E-state index in [1.807, 2.05) is 36.5 Å². The third-order valence-corrected chi connectivity index (χ3v) is 3.75. The number of aromatic nitrogens is 3. The molecule has 0 aromatic carbocycles. The van der Waals surface area contributed by atoms with E-state index < -0.39 is 0 Å². The molecule has 1 aliphatic carbocycles. The number of carbonyl (C=O) groups excluding carboxylic acids is 1. The predicted octanol–water partition coefficient (Wildman–Crippen LogP) is 1.00. The third-order valence-electron chi connectivity index (χ3n) is 3.75. The van der Waals surface area contributed by atoms with Gasteiger partial charge in [-0.25, -0.2) is 14.5 Å². The fourth-order valence-electron chi connectivity index (χ4n) is 2.58. The Kier molecular flexibility index (Phi) is 4.68. The van der Waals surface area contributed by atoms with Gasteiger partial charge in [0.05, 0.1) is 0 Å². The number of amides is 2. The van der Waals surface area contributed by atoms with Gasteiger partial charge in [-0.3, -0.25) is 0 Å². The van der Waals surface area contributed by atoms with Gasteiger partial charge in [0.25, 0.3) is 0 Å². The Morgan fingerprint density at radius 2 is 2.26 bits per heavy atom. The Labute approximate surface area is 134 Å². The minimum atomic E-state index is -0.242. The van der Waals surface area contributed by atoms with Gasteiger partial charge >= 0.3 is 6.03 Å². The lowest BCUT2D eigenvalue weighted by atomic mass is 10.1. The minimum absolute atomic E-state index is 0.0355. The van der Waals surface area contributed by atoms with Crippen LogP contribution in [0.15, 0.2) is 48.9 Å². The lowest BCUT2D eigenvalue weighted by molar-refractivity contribution is 0.231. The number of carbonyl (C=O) groups is 1. The van der Waals surface area contributed by atoms with Crippen LogP contribution in [0.3, 0.4) is 0 Å². The fourth-order valence-corrected chi connectivity index (χ4v) is 2.58. The van der Waals surface area contributed by atoms with E-state index in [0.717, 1.165) is 12.0 Å². The summed E-state index contributed by atoms with van der Waals surface area (Å²) < 4.78 is 1.67. The zero-order valence-corrected chi connectivity index (χ0v) is 12.6. The highest BCUT2D eigenvalue weighted by atomic mass is 16.3. The van der Waals surface area contributed by atoms with Crippen LogP contribution in [-0.2, 0) is 6.54 Å². The summed E-state index contributed by atoms with van der Waals surface area (Å²) >= 11 is 0. The van der Waals surface area contributed by atoms with E-state index in [-0.39, 0.29) is 24.6 Å². The smallest absolute Gasteiger partial charge is 0.315 e. The molecule has 0 radical (unpaired) electrons. The van der Waals surface area contributed by atoms with Crippen molar-refractivity contribution in [2.45, 2.75) is 19.0 Å². The second-order valence-electron chi connectivity index (χ2n) is 5.43. The molecule has 2 aromatic heterocycles. The number of hydrogen-bond donors (Lipinski definition) is 3. The molecule has 0 bridgehead atoms. The number of aliphatic hydroxyl groups excluding tert-OH is 1. The van der Waals surface area contributed by atoms with Crippen molar-refractivity contribution in [3.05, 3.63) is 54.5 Å². The molecule has 1 aliphatic rings. The van der Waals surface area contributed by atoms with Crippen LogP contribution in [0.1, 0.15) is 12.0 Å². The van der Waals surface area contributed by atoms with Gasteiger partial charge in [-0.1, -0.05) is 18.2 Å². The zero-order valence-electron chi connectivity index (χ0n) is 12.6. The highest BCUT2D eigenvalue weighted by Crippen LogP contribution is 2.16. The van der Waals surface area contributed by atoms with Gasteiger partial charge < -0.3 is 15.7 Å². The number of hydrogen-bond acceptors (Lipinski definition) is 4. The van der Waals surface area contributed by atoms with Gasteiger partial charge in [0.2, 0.25) is 0 Å². The molecule has 120 valence electrons. The molecule has 2 amide bonds. The fraction of sp³-hybridized carbons (Fsp3) is 0.312. The average Bonchev–Trinajstić information content (AvgIpc) is 3.25. The molecule has 7 nitrogen and oxygen atoms in total. The highest BCUT2D eigenvalue weighted by Gasteiger charge is 2.19. The van der Waals surface area contributed by atoms with E-state index in [9.17, 15) is 4.79 Å². The molecule has 7 heteroatoms. The summed E-state index contributed by atoms with van der Waals surface area (Å²) in [5, 5.41) is 19.0. The Bertz CT molecular complexity index is 684. The van der Waals surface area contributed by atoms with Crippen molar-refractivity contribution in [1.82, 2.24) is 25.4 Å². The molecule has 0 spiro atoms. The quantitative estimate of drug-likeness (QED) is 0.718. The molecule has 3 N–H and O–H groups in total. The van der Waals surface area contributed by atoms with Crippen LogP contribution in [0.5, 0.6) is 0 Å². The topological polar surface area (TPSA) is 92.1 Å². The van der Waals surface area contributed by atoms with E-state index >= 15 is 0 Å². The normalized spacial score (nSPS) is 19.7. The first kappa shape index (κ1) is 15.2. The van der Waals surface area contributed by atoms with Gasteiger partial charge in [0.15, 0.2) is 5.82 Å². The van der Waals surface area contributed by atoms with E-state index in [0.29, 0.717) is 12.4 Å². The Morgan fingerprint density at radius 1 is 1.35 bits per heavy atom. The third kappa shape index (κ3) is 3.75. The van der Waals surface area contributed by atoms with Crippen LogP contribution in [0, 0.1) is 5.92 Å². The summed E-state index contributed by atoms with van der Waals surface area (Å²) in [6.07, 6.45) is 9.77. The summed E-state index contributed by atoms with van der Waals surface area (Å²) in [7, 11) is 0. The lowest BCUT2D eigenvalue weighted by Gasteiger charge is -2.14. The number of aliphatic hydroxyl groups is 1. The summed E-state index contributed by atoms with van der Waals surface area (Å²) in [4.78, 5) is 16.3. The molecule has 3 rings (SSSR count). The monoisotopic (exact) mass is 313 g/mol. The second-order valence-corrected chi connectivity index (χ2v) is 5.43. The Balaban J connectivity index is 1.57.